The Balaban J connectivity index is 1.92. The van der Waals surface area contributed by atoms with Gasteiger partial charge in [0.05, 0.1) is 0 Å². The molecule has 2 amide bonds. The fourth-order valence-corrected chi connectivity index (χ4v) is 2.60. The molecular weight excluding hydrogens is 304 g/mol. The molecule has 2 rings (SSSR count). The van der Waals surface area contributed by atoms with Gasteiger partial charge in [-0.2, -0.15) is 0 Å². The van der Waals surface area contributed by atoms with Crippen molar-refractivity contribution in [3.63, 3.8) is 0 Å². The van der Waals surface area contributed by atoms with Crippen LogP contribution in [0.2, 0.25) is 5.02 Å². The molecule has 0 unspecified atom stereocenters. The van der Waals surface area contributed by atoms with Gasteiger partial charge in [-0.1, -0.05) is 30.3 Å². The van der Waals surface area contributed by atoms with Gasteiger partial charge in [0.15, 0.2) is 0 Å². The first-order chi connectivity index (χ1) is 10.2. The van der Waals surface area contributed by atoms with Crippen LogP contribution in [-0.4, -0.2) is 12.6 Å². The SMILES string of the molecule is CCCNC(=O)Nc1ccc(Sc2ccc(Cl)cc2)cc1. The lowest BCUT2D eigenvalue weighted by Crippen LogP contribution is -2.29. The quantitative estimate of drug-likeness (QED) is 0.812. The van der Waals surface area contributed by atoms with Crippen LogP contribution in [0, 0.1) is 0 Å². The second-order valence-electron chi connectivity index (χ2n) is 4.46. The molecule has 0 aliphatic rings. The molecule has 3 nitrogen and oxygen atoms in total. The van der Waals surface area contributed by atoms with Crippen molar-refractivity contribution in [1.29, 1.82) is 0 Å². The predicted molar refractivity (Wildman–Crippen MR) is 89.3 cm³/mol. The van der Waals surface area contributed by atoms with Crippen LogP contribution in [-0.2, 0) is 0 Å². The fraction of sp³-hybridized carbons (Fsp3) is 0.188. The number of hydrogen-bond donors (Lipinski definition) is 2. The molecule has 0 spiro atoms. The highest BCUT2D eigenvalue weighted by atomic mass is 35.5. The lowest BCUT2D eigenvalue weighted by molar-refractivity contribution is 0.252. The van der Waals surface area contributed by atoms with Crippen molar-refractivity contribution in [1.82, 2.24) is 5.32 Å². The van der Waals surface area contributed by atoms with Crippen LogP contribution >= 0.6 is 23.4 Å². The van der Waals surface area contributed by atoms with Gasteiger partial charge in [0.25, 0.3) is 0 Å². The van der Waals surface area contributed by atoms with Gasteiger partial charge in [-0.3, -0.25) is 0 Å². The van der Waals surface area contributed by atoms with E-state index in [1.165, 1.54) is 0 Å². The Morgan fingerprint density at radius 3 is 2.19 bits per heavy atom. The predicted octanol–water partition coefficient (Wildman–Crippen LogP) is 5.02. The van der Waals surface area contributed by atoms with E-state index in [4.69, 9.17) is 11.6 Å². The standard InChI is InChI=1S/C16H17ClN2OS/c1-2-11-18-16(20)19-13-5-9-15(10-6-13)21-14-7-3-12(17)4-8-14/h3-10H,2,11H2,1H3,(H2,18,19,20). The topological polar surface area (TPSA) is 41.1 Å². The van der Waals surface area contributed by atoms with E-state index in [0.717, 1.165) is 26.9 Å². The molecular formula is C16H17ClN2OS. The van der Waals surface area contributed by atoms with Crippen LogP contribution in [0.5, 0.6) is 0 Å². The summed E-state index contributed by atoms with van der Waals surface area (Å²) in [6.45, 7) is 2.69. The zero-order valence-electron chi connectivity index (χ0n) is 11.7. The van der Waals surface area contributed by atoms with Crippen molar-refractivity contribution in [2.24, 2.45) is 0 Å². The van der Waals surface area contributed by atoms with Crippen molar-refractivity contribution < 1.29 is 4.79 Å². The normalized spacial score (nSPS) is 10.2. The zero-order chi connectivity index (χ0) is 15.1. The first kappa shape index (κ1) is 15.7. The highest BCUT2D eigenvalue weighted by molar-refractivity contribution is 7.99. The number of carbonyl (C=O) groups excluding carboxylic acids is 1. The summed E-state index contributed by atoms with van der Waals surface area (Å²) in [5.74, 6) is 0. The van der Waals surface area contributed by atoms with Crippen LogP contribution in [0.3, 0.4) is 0 Å². The van der Waals surface area contributed by atoms with Crippen molar-refractivity contribution in [2.45, 2.75) is 23.1 Å². The third-order valence-corrected chi connectivity index (χ3v) is 3.96. The van der Waals surface area contributed by atoms with Gasteiger partial charge in [0, 0.05) is 27.0 Å². The van der Waals surface area contributed by atoms with Gasteiger partial charge in [-0.25, -0.2) is 4.79 Å². The average molecular weight is 321 g/mol. The van der Waals surface area contributed by atoms with E-state index in [2.05, 4.69) is 10.6 Å². The van der Waals surface area contributed by atoms with Crippen LogP contribution in [0.15, 0.2) is 58.3 Å². The number of urea groups is 1. The zero-order valence-corrected chi connectivity index (χ0v) is 13.3. The van der Waals surface area contributed by atoms with Gasteiger partial charge in [0.1, 0.15) is 0 Å². The maximum absolute atomic E-state index is 11.5. The monoisotopic (exact) mass is 320 g/mol. The van der Waals surface area contributed by atoms with E-state index in [0.29, 0.717) is 6.54 Å². The lowest BCUT2D eigenvalue weighted by atomic mass is 10.3. The summed E-state index contributed by atoms with van der Waals surface area (Å²) in [6.07, 6.45) is 0.921. The lowest BCUT2D eigenvalue weighted by Gasteiger charge is -2.07. The summed E-state index contributed by atoms with van der Waals surface area (Å²) in [6, 6.07) is 15.3. The van der Waals surface area contributed by atoms with Gasteiger partial charge in [0.2, 0.25) is 0 Å². The molecule has 21 heavy (non-hydrogen) atoms. The van der Waals surface area contributed by atoms with Crippen LogP contribution in [0.4, 0.5) is 10.5 Å². The summed E-state index contributed by atoms with van der Waals surface area (Å²) in [5, 5.41) is 6.30. The molecule has 110 valence electrons. The molecule has 0 atom stereocenters. The molecule has 0 radical (unpaired) electrons. The molecule has 0 aromatic heterocycles. The second kappa shape index (κ2) is 7.96. The van der Waals surface area contributed by atoms with Gasteiger partial charge in [-0.05, 0) is 55.0 Å². The van der Waals surface area contributed by atoms with Gasteiger partial charge in [-0.15, -0.1) is 0 Å². The summed E-state index contributed by atoms with van der Waals surface area (Å²) < 4.78 is 0. The minimum absolute atomic E-state index is 0.171. The molecule has 0 bridgehead atoms. The van der Waals surface area contributed by atoms with Crippen molar-refractivity contribution in [3.05, 3.63) is 53.6 Å². The summed E-state index contributed by atoms with van der Waals surface area (Å²) in [4.78, 5) is 13.8. The van der Waals surface area contributed by atoms with E-state index >= 15 is 0 Å². The van der Waals surface area contributed by atoms with E-state index in [9.17, 15) is 4.79 Å². The van der Waals surface area contributed by atoms with E-state index in [1.807, 2.05) is 55.5 Å². The molecule has 0 heterocycles. The molecule has 0 aliphatic carbocycles. The Hall–Kier alpha value is -1.65. The number of amides is 2. The Labute approximate surface area is 134 Å². The largest absolute Gasteiger partial charge is 0.338 e. The van der Waals surface area contributed by atoms with Crippen LogP contribution in [0.25, 0.3) is 0 Å². The van der Waals surface area contributed by atoms with Crippen molar-refractivity contribution in [3.8, 4) is 0 Å². The summed E-state index contributed by atoms with van der Waals surface area (Å²) >= 11 is 7.52. The number of halogens is 1. The smallest absolute Gasteiger partial charge is 0.319 e. The number of nitrogens with one attached hydrogen (secondary N) is 2. The summed E-state index contributed by atoms with van der Waals surface area (Å²) in [7, 11) is 0. The first-order valence-corrected chi connectivity index (χ1v) is 7.95. The molecule has 2 N–H and O–H groups in total. The Morgan fingerprint density at radius 2 is 1.62 bits per heavy atom. The van der Waals surface area contributed by atoms with Gasteiger partial charge < -0.3 is 10.6 Å². The average Bonchev–Trinajstić information content (AvgIpc) is 2.49. The molecule has 0 aliphatic heterocycles. The van der Waals surface area contributed by atoms with Crippen molar-refractivity contribution >= 4 is 35.1 Å². The molecule has 2 aromatic carbocycles. The minimum atomic E-state index is -0.171. The molecule has 2 aromatic rings. The Morgan fingerprint density at radius 1 is 1.05 bits per heavy atom. The van der Waals surface area contributed by atoms with E-state index in [1.54, 1.807) is 11.8 Å². The van der Waals surface area contributed by atoms with E-state index < -0.39 is 0 Å². The van der Waals surface area contributed by atoms with E-state index in [-0.39, 0.29) is 6.03 Å². The highest BCUT2D eigenvalue weighted by Crippen LogP contribution is 2.29. The summed E-state index contributed by atoms with van der Waals surface area (Å²) in [5.41, 5.74) is 0.782. The second-order valence-corrected chi connectivity index (χ2v) is 6.04. The number of anilines is 1. The number of carbonyl (C=O) groups is 1. The number of benzene rings is 2. The molecule has 0 saturated heterocycles. The number of rotatable bonds is 5. The maximum Gasteiger partial charge on any atom is 0.319 e. The Bertz CT molecular complexity index is 584. The van der Waals surface area contributed by atoms with Crippen LogP contribution in [0.1, 0.15) is 13.3 Å². The molecule has 0 fully saturated rings. The fourth-order valence-electron chi connectivity index (χ4n) is 1.66. The van der Waals surface area contributed by atoms with Crippen molar-refractivity contribution in [2.75, 3.05) is 11.9 Å². The highest BCUT2D eigenvalue weighted by Gasteiger charge is 2.01. The third kappa shape index (κ3) is 5.33. The Kier molecular flexibility index (Phi) is 5.96. The third-order valence-electron chi connectivity index (χ3n) is 2.70. The minimum Gasteiger partial charge on any atom is -0.338 e. The maximum atomic E-state index is 11.5. The number of hydrogen-bond acceptors (Lipinski definition) is 2. The van der Waals surface area contributed by atoms with Crippen LogP contribution < -0.4 is 10.6 Å². The van der Waals surface area contributed by atoms with Gasteiger partial charge >= 0.3 is 6.03 Å². The molecule has 5 heteroatoms. The molecule has 0 saturated carbocycles. The first-order valence-electron chi connectivity index (χ1n) is 6.75.